The Labute approximate surface area is 160 Å². The zero-order valence-electron chi connectivity index (χ0n) is 15.8. The van der Waals surface area contributed by atoms with E-state index in [0.717, 1.165) is 36.3 Å². The Morgan fingerprint density at radius 3 is 2.37 bits per heavy atom. The molecule has 27 heavy (non-hydrogen) atoms. The molecule has 0 fully saturated rings. The number of carbonyl (C=O) groups is 1. The second-order valence-corrected chi connectivity index (χ2v) is 7.22. The van der Waals surface area contributed by atoms with E-state index in [2.05, 4.69) is 46.6 Å². The summed E-state index contributed by atoms with van der Waals surface area (Å²) in [5.41, 5.74) is 7.70. The lowest BCUT2D eigenvalue weighted by atomic mass is 10.1. The van der Waals surface area contributed by atoms with E-state index in [-0.39, 0.29) is 5.91 Å². The van der Waals surface area contributed by atoms with Gasteiger partial charge < -0.3 is 10.2 Å². The SMILES string of the molecule is Cc1cccc(C)c1NC(=O)c1ccc(CN2CCc3ccccc32)cc1. The number of para-hydroxylation sites is 2. The van der Waals surface area contributed by atoms with Crippen molar-refractivity contribution in [2.45, 2.75) is 26.8 Å². The fourth-order valence-corrected chi connectivity index (χ4v) is 3.75. The second-order valence-electron chi connectivity index (χ2n) is 7.22. The largest absolute Gasteiger partial charge is 0.367 e. The van der Waals surface area contributed by atoms with Crippen LogP contribution in [0.15, 0.2) is 66.7 Å². The zero-order chi connectivity index (χ0) is 18.8. The summed E-state index contributed by atoms with van der Waals surface area (Å²) in [7, 11) is 0. The molecule has 0 unspecified atom stereocenters. The summed E-state index contributed by atoms with van der Waals surface area (Å²) in [5, 5.41) is 3.05. The minimum atomic E-state index is -0.0644. The number of amides is 1. The van der Waals surface area contributed by atoms with Crippen molar-refractivity contribution in [1.82, 2.24) is 0 Å². The molecule has 3 heteroatoms. The van der Waals surface area contributed by atoms with Crippen molar-refractivity contribution in [3.63, 3.8) is 0 Å². The molecule has 136 valence electrons. The Morgan fingerprint density at radius 1 is 0.926 bits per heavy atom. The maximum Gasteiger partial charge on any atom is 0.255 e. The van der Waals surface area contributed by atoms with Crippen molar-refractivity contribution < 1.29 is 4.79 Å². The van der Waals surface area contributed by atoms with Gasteiger partial charge in [0.25, 0.3) is 5.91 Å². The topological polar surface area (TPSA) is 32.3 Å². The molecule has 0 atom stereocenters. The summed E-state index contributed by atoms with van der Waals surface area (Å²) in [4.78, 5) is 15.0. The van der Waals surface area contributed by atoms with Crippen molar-refractivity contribution in [3.05, 3.63) is 94.5 Å². The van der Waals surface area contributed by atoms with E-state index in [4.69, 9.17) is 0 Å². The van der Waals surface area contributed by atoms with Crippen molar-refractivity contribution >= 4 is 17.3 Å². The Balaban J connectivity index is 1.46. The molecule has 1 heterocycles. The van der Waals surface area contributed by atoms with E-state index in [1.165, 1.54) is 16.8 Å². The van der Waals surface area contributed by atoms with Gasteiger partial charge in [0.05, 0.1) is 0 Å². The summed E-state index contributed by atoms with van der Waals surface area (Å²) in [5.74, 6) is -0.0644. The predicted octanol–water partition coefficient (Wildman–Crippen LogP) is 5.12. The number of aryl methyl sites for hydroxylation is 2. The summed E-state index contributed by atoms with van der Waals surface area (Å²) in [6.45, 7) is 5.95. The monoisotopic (exact) mass is 356 g/mol. The molecule has 1 N–H and O–H groups in total. The highest BCUT2D eigenvalue weighted by Gasteiger charge is 2.18. The van der Waals surface area contributed by atoms with Crippen LogP contribution in [0.2, 0.25) is 0 Å². The number of hydrogen-bond acceptors (Lipinski definition) is 2. The van der Waals surface area contributed by atoms with Crippen LogP contribution in [0.25, 0.3) is 0 Å². The lowest BCUT2D eigenvalue weighted by Gasteiger charge is -2.19. The van der Waals surface area contributed by atoms with Gasteiger partial charge in [-0.2, -0.15) is 0 Å². The number of fused-ring (bicyclic) bond motifs is 1. The van der Waals surface area contributed by atoms with E-state index in [1.807, 2.05) is 44.2 Å². The van der Waals surface area contributed by atoms with Crippen molar-refractivity contribution in [2.24, 2.45) is 0 Å². The van der Waals surface area contributed by atoms with E-state index in [1.54, 1.807) is 0 Å². The summed E-state index contributed by atoms with van der Waals surface area (Å²) in [6.07, 6.45) is 1.10. The smallest absolute Gasteiger partial charge is 0.255 e. The molecule has 0 aliphatic carbocycles. The minimum absolute atomic E-state index is 0.0644. The molecule has 1 amide bonds. The van der Waals surface area contributed by atoms with Crippen LogP contribution < -0.4 is 10.2 Å². The van der Waals surface area contributed by atoms with Gasteiger partial charge in [0.15, 0.2) is 0 Å². The van der Waals surface area contributed by atoms with Crippen LogP contribution in [-0.4, -0.2) is 12.5 Å². The lowest BCUT2D eigenvalue weighted by molar-refractivity contribution is 0.102. The molecule has 0 saturated heterocycles. The predicted molar refractivity (Wildman–Crippen MR) is 112 cm³/mol. The molecule has 1 aliphatic heterocycles. The van der Waals surface area contributed by atoms with E-state index in [0.29, 0.717) is 5.56 Å². The molecular formula is C24H24N2O. The first-order chi connectivity index (χ1) is 13.1. The lowest BCUT2D eigenvalue weighted by Crippen LogP contribution is -2.19. The molecule has 0 saturated carbocycles. The van der Waals surface area contributed by atoms with Gasteiger partial charge in [0.2, 0.25) is 0 Å². The quantitative estimate of drug-likeness (QED) is 0.704. The molecule has 1 aliphatic rings. The molecule has 4 rings (SSSR count). The Morgan fingerprint density at radius 2 is 1.63 bits per heavy atom. The second kappa shape index (κ2) is 7.28. The number of anilines is 2. The highest BCUT2D eigenvalue weighted by Crippen LogP contribution is 2.29. The summed E-state index contributed by atoms with van der Waals surface area (Å²) < 4.78 is 0. The van der Waals surface area contributed by atoms with Crippen LogP contribution in [0.3, 0.4) is 0 Å². The number of rotatable bonds is 4. The fourth-order valence-electron chi connectivity index (χ4n) is 3.75. The molecule has 3 nitrogen and oxygen atoms in total. The summed E-state index contributed by atoms with van der Waals surface area (Å²) in [6, 6.07) is 22.6. The van der Waals surface area contributed by atoms with Gasteiger partial charge in [-0.15, -0.1) is 0 Å². The van der Waals surface area contributed by atoms with Crippen molar-refractivity contribution in [3.8, 4) is 0 Å². The maximum absolute atomic E-state index is 12.6. The number of nitrogens with one attached hydrogen (secondary N) is 1. The van der Waals surface area contributed by atoms with Crippen LogP contribution in [0.1, 0.15) is 32.6 Å². The minimum Gasteiger partial charge on any atom is -0.367 e. The normalized spacial score (nSPS) is 12.7. The fraction of sp³-hybridized carbons (Fsp3) is 0.208. The Kier molecular flexibility index (Phi) is 4.68. The third-order valence-corrected chi connectivity index (χ3v) is 5.29. The average molecular weight is 356 g/mol. The maximum atomic E-state index is 12.6. The molecule has 0 radical (unpaired) electrons. The number of hydrogen-bond donors (Lipinski definition) is 1. The highest BCUT2D eigenvalue weighted by atomic mass is 16.1. The average Bonchev–Trinajstić information content (AvgIpc) is 3.08. The van der Waals surface area contributed by atoms with Crippen LogP contribution in [0.5, 0.6) is 0 Å². The number of benzene rings is 3. The van der Waals surface area contributed by atoms with Gasteiger partial charge >= 0.3 is 0 Å². The third-order valence-electron chi connectivity index (χ3n) is 5.29. The number of carbonyl (C=O) groups excluding carboxylic acids is 1. The van der Waals surface area contributed by atoms with Crippen molar-refractivity contribution in [2.75, 3.05) is 16.8 Å². The van der Waals surface area contributed by atoms with Gasteiger partial charge in [0, 0.05) is 30.0 Å². The first kappa shape index (κ1) is 17.3. The molecule has 0 spiro atoms. The van der Waals surface area contributed by atoms with Gasteiger partial charge in [-0.25, -0.2) is 0 Å². The van der Waals surface area contributed by atoms with Crippen LogP contribution in [0.4, 0.5) is 11.4 Å². The Hall–Kier alpha value is -3.07. The van der Waals surface area contributed by atoms with Crippen LogP contribution in [0, 0.1) is 13.8 Å². The van der Waals surface area contributed by atoms with E-state index >= 15 is 0 Å². The van der Waals surface area contributed by atoms with Gasteiger partial charge in [0.1, 0.15) is 0 Å². The van der Waals surface area contributed by atoms with Crippen LogP contribution >= 0.6 is 0 Å². The Bertz CT molecular complexity index is 956. The van der Waals surface area contributed by atoms with Gasteiger partial charge in [-0.3, -0.25) is 4.79 Å². The van der Waals surface area contributed by atoms with E-state index in [9.17, 15) is 4.79 Å². The molecular weight excluding hydrogens is 332 g/mol. The van der Waals surface area contributed by atoms with Gasteiger partial charge in [-0.05, 0) is 60.7 Å². The standard InChI is InChI=1S/C24H24N2O/c1-17-6-5-7-18(2)23(17)25-24(27)21-12-10-19(11-13-21)16-26-15-14-20-8-3-4-9-22(20)26/h3-13H,14-16H2,1-2H3,(H,25,27). The molecule has 0 bridgehead atoms. The zero-order valence-corrected chi connectivity index (χ0v) is 15.8. The molecule has 3 aromatic rings. The van der Waals surface area contributed by atoms with Gasteiger partial charge in [-0.1, -0.05) is 48.5 Å². The third kappa shape index (κ3) is 3.59. The summed E-state index contributed by atoms with van der Waals surface area (Å²) >= 11 is 0. The van der Waals surface area contributed by atoms with Crippen molar-refractivity contribution in [1.29, 1.82) is 0 Å². The first-order valence-electron chi connectivity index (χ1n) is 9.41. The molecule has 3 aromatic carbocycles. The van der Waals surface area contributed by atoms with E-state index < -0.39 is 0 Å². The first-order valence-corrected chi connectivity index (χ1v) is 9.41. The van der Waals surface area contributed by atoms with Crippen LogP contribution in [-0.2, 0) is 13.0 Å². The number of nitrogens with zero attached hydrogens (tertiary/aromatic N) is 1. The molecule has 0 aromatic heterocycles. The highest BCUT2D eigenvalue weighted by molar-refractivity contribution is 6.05.